The molecule has 1 aliphatic rings. The van der Waals surface area contributed by atoms with Gasteiger partial charge in [0.1, 0.15) is 5.65 Å². The molecule has 1 N–H and O–H groups in total. The van der Waals surface area contributed by atoms with Crippen molar-refractivity contribution in [2.45, 2.75) is 19.3 Å². The van der Waals surface area contributed by atoms with E-state index in [0.717, 1.165) is 24.2 Å². The molecule has 2 amide bonds. The molecule has 0 aromatic carbocycles. The third-order valence-corrected chi connectivity index (χ3v) is 4.91. The fraction of sp³-hybridized carbons (Fsp3) is 0.350. The lowest BCUT2D eigenvalue weighted by atomic mass is 9.97. The Morgan fingerprint density at radius 2 is 2.19 bits per heavy atom. The number of nitrogens with one attached hydrogen (secondary N) is 1. The van der Waals surface area contributed by atoms with Gasteiger partial charge in [-0.3, -0.25) is 9.59 Å². The average molecular weight is 366 g/mol. The van der Waals surface area contributed by atoms with Gasteiger partial charge in [-0.2, -0.15) is 0 Å². The van der Waals surface area contributed by atoms with Crippen LogP contribution in [0.15, 0.2) is 53.4 Å². The number of hydrogen-bond acceptors (Lipinski definition) is 4. The van der Waals surface area contributed by atoms with Gasteiger partial charge in [0.2, 0.25) is 5.91 Å². The summed E-state index contributed by atoms with van der Waals surface area (Å²) in [6.07, 6.45) is 7.71. The van der Waals surface area contributed by atoms with E-state index in [-0.39, 0.29) is 17.7 Å². The quantitative estimate of drug-likeness (QED) is 0.750. The van der Waals surface area contributed by atoms with Crippen molar-refractivity contribution in [2.75, 3.05) is 19.6 Å². The molecule has 1 fully saturated rings. The Bertz CT molecular complexity index is 899. The lowest BCUT2D eigenvalue weighted by Crippen LogP contribution is -2.45. The van der Waals surface area contributed by atoms with Crippen LogP contribution in [0.25, 0.3) is 5.65 Å². The zero-order valence-corrected chi connectivity index (χ0v) is 15.0. The Morgan fingerprint density at radius 3 is 3.00 bits per heavy atom. The monoisotopic (exact) mass is 366 g/mol. The van der Waals surface area contributed by atoms with Crippen molar-refractivity contribution in [3.8, 4) is 0 Å². The van der Waals surface area contributed by atoms with Gasteiger partial charge >= 0.3 is 0 Å². The van der Waals surface area contributed by atoms with E-state index in [0.29, 0.717) is 31.8 Å². The lowest BCUT2D eigenvalue weighted by Gasteiger charge is -2.31. The third kappa shape index (κ3) is 3.86. The third-order valence-electron chi connectivity index (χ3n) is 4.91. The van der Waals surface area contributed by atoms with Crippen LogP contribution >= 0.6 is 0 Å². The molecular weight excluding hydrogens is 344 g/mol. The molecule has 7 nitrogen and oxygen atoms in total. The lowest BCUT2D eigenvalue weighted by molar-refractivity contribution is -0.126. The normalized spacial score (nSPS) is 17.2. The van der Waals surface area contributed by atoms with Crippen molar-refractivity contribution in [2.24, 2.45) is 5.92 Å². The maximum absolute atomic E-state index is 12.5. The number of nitrogens with zero attached hydrogens (tertiary/aromatic N) is 3. The topological polar surface area (TPSA) is 79.9 Å². The summed E-state index contributed by atoms with van der Waals surface area (Å²) in [7, 11) is 0. The van der Waals surface area contributed by atoms with E-state index in [1.807, 2.05) is 35.0 Å². The predicted octanol–water partition coefficient (Wildman–Crippen LogP) is 2.14. The van der Waals surface area contributed by atoms with E-state index in [1.165, 1.54) is 6.26 Å². The van der Waals surface area contributed by atoms with Crippen LogP contribution in [0, 0.1) is 5.92 Å². The number of rotatable bonds is 5. The molecule has 3 aromatic rings. The molecular formula is C20H22N4O3. The van der Waals surface area contributed by atoms with Gasteiger partial charge in [0.25, 0.3) is 5.91 Å². The number of hydrogen-bond donors (Lipinski definition) is 1. The highest BCUT2D eigenvalue weighted by molar-refractivity contribution is 5.92. The first-order valence-corrected chi connectivity index (χ1v) is 9.24. The second-order valence-corrected chi connectivity index (χ2v) is 6.81. The van der Waals surface area contributed by atoms with Gasteiger partial charge < -0.3 is 19.0 Å². The number of carbonyl (C=O) groups excluding carboxylic acids is 2. The van der Waals surface area contributed by atoms with Crippen molar-refractivity contribution in [3.63, 3.8) is 0 Å². The van der Waals surface area contributed by atoms with Crippen molar-refractivity contribution < 1.29 is 14.0 Å². The Balaban J connectivity index is 1.29. The Kier molecular flexibility index (Phi) is 4.91. The summed E-state index contributed by atoms with van der Waals surface area (Å²) in [6.45, 7) is 1.62. The Labute approximate surface area is 157 Å². The summed E-state index contributed by atoms with van der Waals surface area (Å²) in [6, 6.07) is 9.21. The van der Waals surface area contributed by atoms with Crippen molar-refractivity contribution in [3.05, 3.63) is 60.4 Å². The van der Waals surface area contributed by atoms with Crippen LogP contribution in [0.3, 0.4) is 0 Å². The van der Waals surface area contributed by atoms with E-state index in [9.17, 15) is 9.59 Å². The molecule has 0 radical (unpaired) electrons. The van der Waals surface area contributed by atoms with Gasteiger partial charge in [-0.05, 0) is 37.1 Å². The second kappa shape index (κ2) is 7.65. The first kappa shape index (κ1) is 17.3. The van der Waals surface area contributed by atoms with E-state index < -0.39 is 0 Å². The molecule has 3 aromatic heterocycles. The summed E-state index contributed by atoms with van der Waals surface area (Å²) >= 11 is 0. The minimum Gasteiger partial charge on any atom is -0.459 e. The number of fused-ring (bicyclic) bond motifs is 1. The number of furan rings is 1. The predicted molar refractivity (Wildman–Crippen MR) is 99.2 cm³/mol. The van der Waals surface area contributed by atoms with Crippen LogP contribution in [0.4, 0.5) is 0 Å². The van der Waals surface area contributed by atoms with Crippen molar-refractivity contribution >= 4 is 17.5 Å². The summed E-state index contributed by atoms with van der Waals surface area (Å²) in [5, 5.41) is 2.99. The minimum absolute atomic E-state index is 0.00397. The SMILES string of the molecule is O=C(NCCc1cn2ccccc2n1)[C@H]1CCCN(C(=O)c2ccco2)C1. The maximum atomic E-state index is 12.5. The number of likely N-dealkylation sites (tertiary alicyclic amines) is 1. The molecule has 27 heavy (non-hydrogen) atoms. The molecule has 4 heterocycles. The van der Waals surface area contributed by atoms with Gasteiger partial charge in [-0.15, -0.1) is 0 Å². The maximum Gasteiger partial charge on any atom is 0.289 e. The van der Waals surface area contributed by atoms with Gasteiger partial charge in [-0.1, -0.05) is 6.07 Å². The summed E-state index contributed by atoms with van der Waals surface area (Å²) in [5.41, 5.74) is 1.85. The highest BCUT2D eigenvalue weighted by Gasteiger charge is 2.29. The van der Waals surface area contributed by atoms with Gasteiger partial charge in [-0.25, -0.2) is 4.98 Å². The summed E-state index contributed by atoms with van der Waals surface area (Å²) in [4.78, 5) is 31.2. The van der Waals surface area contributed by atoms with Crippen molar-refractivity contribution in [1.29, 1.82) is 0 Å². The van der Waals surface area contributed by atoms with Crippen LogP contribution in [0.1, 0.15) is 29.1 Å². The molecule has 0 aliphatic carbocycles. The number of piperidine rings is 1. The molecule has 0 unspecified atom stereocenters. The molecule has 140 valence electrons. The van der Waals surface area contributed by atoms with Gasteiger partial charge in [0, 0.05) is 38.4 Å². The molecule has 7 heteroatoms. The second-order valence-electron chi connectivity index (χ2n) is 6.81. The molecule has 0 bridgehead atoms. The van der Waals surface area contributed by atoms with E-state index >= 15 is 0 Å². The van der Waals surface area contributed by atoms with E-state index in [4.69, 9.17) is 4.42 Å². The highest BCUT2D eigenvalue weighted by atomic mass is 16.3. The number of pyridine rings is 1. The summed E-state index contributed by atoms with van der Waals surface area (Å²) in [5.74, 6) is -0.0143. The zero-order valence-electron chi connectivity index (χ0n) is 15.0. The average Bonchev–Trinajstić information content (AvgIpc) is 3.37. The standard InChI is InChI=1S/C20H22N4O3/c25-19(21-9-8-16-14-23-10-2-1-7-18(23)22-16)15-5-3-11-24(13-15)20(26)17-6-4-12-27-17/h1-2,4,6-7,10,12,14-15H,3,5,8-9,11,13H2,(H,21,25)/t15-/m0/s1. The molecule has 1 aliphatic heterocycles. The molecule has 1 saturated heterocycles. The van der Waals surface area contributed by atoms with Crippen molar-refractivity contribution in [1.82, 2.24) is 19.6 Å². The number of carbonyl (C=O) groups is 2. The van der Waals surface area contributed by atoms with Crippen LogP contribution < -0.4 is 5.32 Å². The smallest absolute Gasteiger partial charge is 0.289 e. The van der Waals surface area contributed by atoms with E-state index in [2.05, 4.69) is 10.3 Å². The summed E-state index contributed by atoms with van der Waals surface area (Å²) < 4.78 is 7.15. The number of aromatic nitrogens is 2. The fourth-order valence-corrected chi connectivity index (χ4v) is 3.50. The molecule has 0 spiro atoms. The van der Waals surface area contributed by atoms with E-state index in [1.54, 1.807) is 17.0 Å². The molecule has 0 saturated carbocycles. The molecule has 1 atom stereocenters. The first-order chi connectivity index (χ1) is 13.2. The van der Waals surface area contributed by atoms with Crippen LogP contribution in [0.5, 0.6) is 0 Å². The Hall–Kier alpha value is -3.09. The Morgan fingerprint density at radius 1 is 1.26 bits per heavy atom. The zero-order chi connectivity index (χ0) is 18.6. The first-order valence-electron chi connectivity index (χ1n) is 9.24. The fourth-order valence-electron chi connectivity index (χ4n) is 3.50. The van der Waals surface area contributed by atoms with Crippen LogP contribution in [-0.4, -0.2) is 45.7 Å². The largest absolute Gasteiger partial charge is 0.459 e. The molecule has 4 rings (SSSR count). The number of amides is 2. The minimum atomic E-state index is -0.182. The van der Waals surface area contributed by atoms with Crippen LogP contribution in [0.2, 0.25) is 0 Å². The van der Waals surface area contributed by atoms with Gasteiger partial charge in [0.05, 0.1) is 17.9 Å². The van der Waals surface area contributed by atoms with Gasteiger partial charge in [0.15, 0.2) is 5.76 Å². The van der Waals surface area contributed by atoms with Crippen LogP contribution in [-0.2, 0) is 11.2 Å². The highest BCUT2D eigenvalue weighted by Crippen LogP contribution is 2.19. The number of imidazole rings is 1.